The number of hydrogen-bond acceptors (Lipinski definition) is 7. The Kier molecular flexibility index (Phi) is 9.61. The Morgan fingerprint density at radius 1 is 0.973 bits per heavy atom. The minimum Gasteiger partial charge on any atom is -0.466 e. The number of carbonyl (C=O) groups excluding carboxylic acids is 2. The second-order valence-corrected chi connectivity index (χ2v) is 10.5. The van der Waals surface area contributed by atoms with Gasteiger partial charge in [0.2, 0.25) is 11.8 Å². The van der Waals surface area contributed by atoms with Crippen LogP contribution in [-0.4, -0.2) is 28.6 Å². The van der Waals surface area contributed by atoms with E-state index in [1.165, 1.54) is 0 Å². The van der Waals surface area contributed by atoms with Gasteiger partial charge in [0.1, 0.15) is 0 Å². The van der Waals surface area contributed by atoms with Gasteiger partial charge in [-0.3, -0.25) is 9.59 Å². The number of aromatic nitrogens is 2. The van der Waals surface area contributed by atoms with Crippen molar-refractivity contribution in [1.29, 1.82) is 0 Å². The molecule has 0 amide bonds. The van der Waals surface area contributed by atoms with E-state index in [0.717, 1.165) is 23.2 Å². The molecule has 0 saturated carbocycles. The van der Waals surface area contributed by atoms with Crippen molar-refractivity contribution < 1.29 is 18.7 Å². The third-order valence-corrected chi connectivity index (χ3v) is 6.42. The first-order chi connectivity index (χ1) is 17.6. The van der Waals surface area contributed by atoms with Crippen molar-refractivity contribution in [3.8, 4) is 11.5 Å². The summed E-state index contributed by atoms with van der Waals surface area (Å²) in [7, 11) is 0. The maximum atomic E-state index is 12.5. The minimum atomic E-state index is -0.259. The second-order valence-electron chi connectivity index (χ2n) is 10.5. The van der Waals surface area contributed by atoms with Crippen LogP contribution >= 0.6 is 0 Å². The van der Waals surface area contributed by atoms with Gasteiger partial charge < -0.3 is 14.5 Å². The van der Waals surface area contributed by atoms with Crippen molar-refractivity contribution in [2.24, 2.45) is 5.92 Å². The number of ketones is 1. The fourth-order valence-corrected chi connectivity index (χ4v) is 3.97. The van der Waals surface area contributed by atoms with Crippen molar-refractivity contribution in [2.75, 3.05) is 11.9 Å². The first-order valence-electron chi connectivity index (χ1n) is 13.1. The van der Waals surface area contributed by atoms with E-state index in [0.29, 0.717) is 42.7 Å². The molecule has 7 nitrogen and oxygen atoms in total. The molecule has 1 N–H and O–H groups in total. The Bertz CT molecular complexity index is 1160. The van der Waals surface area contributed by atoms with E-state index in [1.54, 1.807) is 6.92 Å². The molecule has 2 aromatic carbocycles. The average molecular weight is 506 g/mol. The summed E-state index contributed by atoms with van der Waals surface area (Å²) in [6.45, 7) is 12.7. The normalized spacial score (nSPS) is 13.1. The molecule has 0 spiro atoms. The number of carbonyl (C=O) groups is 2. The van der Waals surface area contributed by atoms with Crippen LogP contribution in [0.1, 0.15) is 95.1 Å². The van der Waals surface area contributed by atoms with Gasteiger partial charge in [0.15, 0.2) is 5.78 Å². The Morgan fingerprint density at radius 2 is 1.65 bits per heavy atom. The zero-order valence-corrected chi connectivity index (χ0v) is 22.8. The van der Waals surface area contributed by atoms with Gasteiger partial charge in [-0.2, -0.15) is 0 Å². The standard InChI is InChI=1S/C30H39N3O4/c1-7-20(3)27(22-12-14-23(15-13-22)28-32-33-29(37-28)30(4,5)6)31-24-18-16-21(17-19-24)25(34)10-9-11-26(35)36-8-2/h12-20,27,31H,7-11H2,1-6H3. The number of hydrogen-bond donors (Lipinski definition) is 1. The SMILES string of the molecule is CCOC(=O)CCCC(=O)c1ccc(NC(c2ccc(-c3nnc(C(C)(C)C)o3)cc2)C(C)CC)cc1. The summed E-state index contributed by atoms with van der Waals surface area (Å²) in [5.41, 5.74) is 3.45. The summed E-state index contributed by atoms with van der Waals surface area (Å²) >= 11 is 0. The van der Waals surface area contributed by atoms with Crippen molar-refractivity contribution in [1.82, 2.24) is 10.2 Å². The molecule has 1 heterocycles. The van der Waals surface area contributed by atoms with Crippen molar-refractivity contribution in [3.63, 3.8) is 0 Å². The smallest absolute Gasteiger partial charge is 0.305 e. The molecule has 0 aliphatic rings. The molecule has 0 bridgehead atoms. The molecule has 198 valence electrons. The first kappa shape index (κ1) is 28.1. The number of nitrogens with zero attached hydrogens (tertiary/aromatic N) is 2. The van der Waals surface area contributed by atoms with Crippen molar-refractivity contribution in [2.45, 2.75) is 78.7 Å². The summed E-state index contributed by atoms with van der Waals surface area (Å²) in [6.07, 6.45) is 2.09. The van der Waals surface area contributed by atoms with E-state index in [2.05, 4.69) is 41.5 Å². The molecule has 0 aliphatic heterocycles. The van der Waals surface area contributed by atoms with Crippen LogP contribution < -0.4 is 5.32 Å². The van der Waals surface area contributed by atoms with E-state index >= 15 is 0 Å². The Balaban J connectivity index is 1.67. The highest BCUT2D eigenvalue weighted by Crippen LogP contribution is 2.31. The van der Waals surface area contributed by atoms with Gasteiger partial charge in [-0.1, -0.05) is 53.2 Å². The van der Waals surface area contributed by atoms with Crippen molar-refractivity contribution >= 4 is 17.4 Å². The molecule has 3 rings (SSSR count). The molecular weight excluding hydrogens is 466 g/mol. The maximum Gasteiger partial charge on any atom is 0.305 e. The van der Waals surface area contributed by atoms with Gasteiger partial charge in [-0.15, -0.1) is 10.2 Å². The summed E-state index contributed by atoms with van der Waals surface area (Å²) in [4.78, 5) is 24.0. The largest absolute Gasteiger partial charge is 0.466 e. The van der Waals surface area contributed by atoms with Gasteiger partial charge in [0.05, 0.1) is 12.6 Å². The number of Topliss-reactive ketones (excluding diaryl/α,β-unsaturated/α-hetero) is 1. The maximum absolute atomic E-state index is 12.5. The zero-order chi connectivity index (χ0) is 27.0. The van der Waals surface area contributed by atoms with Crippen molar-refractivity contribution in [3.05, 3.63) is 65.5 Å². The third-order valence-electron chi connectivity index (χ3n) is 6.42. The van der Waals surface area contributed by atoms with Crippen LogP contribution in [0.25, 0.3) is 11.5 Å². The number of ether oxygens (including phenoxy) is 1. The molecule has 7 heteroatoms. The number of benzene rings is 2. The average Bonchev–Trinajstić information content (AvgIpc) is 3.39. The molecule has 0 radical (unpaired) electrons. The molecule has 0 saturated heterocycles. The van der Waals surface area contributed by atoms with Gasteiger partial charge in [-0.25, -0.2) is 0 Å². The lowest BCUT2D eigenvalue weighted by atomic mass is 9.91. The minimum absolute atomic E-state index is 0.0283. The van der Waals surface area contributed by atoms with E-state index in [9.17, 15) is 9.59 Å². The lowest BCUT2D eigenvalue weighted by Gasteiger charge is -2.26. The molecule has 1 aromatic heterocycles. The van der Waals surface area contributed by atoms with E-state index < -0.39 is 0 Å². The molecule has 0 aliphatic carbocycles. The fourth-order valence-electron chi connectivity index (χ4n) is 3.97. The fraction of sp³-hybridized carbons (Fsp3) is 0.467. The lowest BCUT2D eigenvalue weighted by Crippen LogP contribution is -2.18. The number of anilines is 1. The zero-order valence-electron chi connectivity index (χ0n) is 22.8. The monoisotopic (exact) mass is 505 g/mol. The van der Waals surface area contributed by atoms with E-state index in [-0.39, 0.29) is 29.6 Å². The highest BCUT2D eigenvalue weighted by molar-refractivity contribution is 5.96. The second kappa shape index (κ2) is 12.7. The number of rotatable bonds is 12. The predicted octanol–water partition coefficient (Wildman–Crippen LogP) is 7.15. The predicted molar refractivity (Wildman–Crippen MR) is 146 cm³/mol. The number of nitrogens with one attached hydrogen (secondary N) is 1. The molecule has 2 unspecified atom stereocenters. The summed E-state index contributed by atoms with van der Waals surface area (Å²) in [5.74, 6) is 1.29. The Labute approximate surface area is 220 Å². The van der Waals surface area contributed by atoms with Crippen LogP contribution in [0, 0.1) is 5.92 Å². The highest BCUT2D eigenvalue weighted by Gasteiger charge is 2.23. The quantitative estimate of drug-likeness (QED) is 0.206. The molecule has 37 heavy (non-hydrogen) atoms. The van der Waals surface area contributed by atoms with Gasteiger partial charge in [-0.05, 0) is 61.2 Å². The van der Waals surface area contributed by atoms with Crippen LogP contribution in [0.4, 0.5) is 5.69 Å². The topological polar surface area (TPSA) is 94.3 Å². The first-order valence-corrected chi connectivity index (χ1v) is 13.1. The van der Waals surface area contributed by atoms with Crippen LogP contribution in [0.2, 0.25) is 0 Å². The summed E-state index contributed by atoms with van der Waals surface area (Å²) < 4.78 is 10.8. The van der Waals surface area contributed by atoms with E-state index in [1.807, 2.05) is 57.2 Å². The Morgan fingerprint density at radius 3 is 2.22 bits per heavy atom. The number of esters is 1. The summed E-state index contributed by atoms with van der Waals surface area (Å²) in [6, 6.07) is 15.9. The molecular formula is C30H39N3O4. The summed E-state index contributed by atoms with van der Waals surface area (Å²) in [5, 5.41) is 12.1. The van der Waals surface area contributed by atoms with Crippen LogP contribution in [0.15, 0.2) is 52.9 Å². The van der Waals surface area contributed by atoms with Gasteiger partial charge in [0, 0.05) is 35.1 Å². The molecule has 0 fully saturated rings. The van der Waals surface area contributed by atoms with E-state index in [4.69, 9.17) is 9.15 Å². The van der Waals surface area contributed by atoms with Gasteiger partial charge >= 0.3 is 5.97 Å². The van der Waals surface area contributed by atoms with Crippen LogP contribution in [0.3, 0.4) is 0 Å². The van der Waals surface area contributed by atoms with Crippen LogP contribution in [-0.2, 0) is 14.9 Å². The Hall–Kier alpha value is -3.48. The molecule has 2 atom stereocenters. The molecule has 3 aromatic rings. The van der Waals surface area contributed by atoms with Crippen LogP contribution in [0.5, 0.6) is 0 Å². The highest BCUT2D eigenvalue weighted by atomic mass is 16.5. The van der Waals surface area contributed by atoms with Gasteiger partial charge in [0.25, 0.3) is 0 Å². The lowest BCUT2D eigenvalue weighted by molar-refractivity contribution is -0.143. The third kappa shape index (κ3) is 7.75.